The van der Waals surface area contributed by atoms with Gasteiger partial charge in [-0.05, 0) is 45.0 Å². The highest BCUT2D eigenvalue weighted by molar-refractivity contribution is 7.99. The average molecular weight is 330 g/mol. The van der Waals surface area contributed by atoms with Crippen molar-refractivity contribution in [2.75, 3.05) is 13.6 Å². The van der Waals surface area contributed by atoms with Crippen LogP contribution in [0, 0.1) is 0 Å². The van der Waals surface area contributed by atoms with E-state index in [2.05, 4.69) is 5.32 Å². The molecule has 22 heavy (non-hydrogen) atoms. The summed E-state index contributed by atoms with van der Waals surface area (Å²) in [6.07, 6.45) is 0. The molecule has 1 N–H and O–H groups in total. The predicted molar refractivity (Wildman–Crippen MR) is 83.2 cm³/mol. The summed E-state index contributed by atoms with van der Waals surface area (Å²) in [5.74, 6) is -3.09. The lowest BCUT2D eigenvalue weighted by atomic mass is 10.1. The molecule has 0 aromatic heterocycles. The van der Waals surface area contributed by atoms with Gasteiger partial charge in [-0.3, -0.25) is 9.59 Å². The third kappa shape index (κ3) is 6.43. The first-order valence-electron chi connectivity index (χ1n) is 6.70. The van der Waals surface area contributed by atoms with E-state index in [0.29, 0.717) is 22.2 Å². The van der Waals surface area contributed by atoms with Crippen molar-refractivity contribution in [2.24, 2.45) is 0 Å². The van der Waals surface area contributed by atoms with Gasteiger partial charge in [0.05, 0.1) is 6.54 Å². The summed E-state index contributed by atoms with van der Waals surface area (Å²) in [5, 5.41) is 2.77. The maximum atomic E-state index is 12.2. The van der Waals surface area contributed by atoms with Crippen LogP contribution in [0.25, 0.3) is 0 Å². The summed E-state index contributed by atoms with van der Waals surface area (Å²) in [5.41, 5.74) is -0.0144. The van der Waals surface area contributed by atoms with Crippen molar-refractivity contribution in [2.45, 2.75) is 37.0 Å². The lowest BCUT2D eigenvalue weighted by molar-refractivity contribution is -0.122. The molecule has 0 heterocycles. The number of rotatable bonds is 5. The van der Waals surface area contributed by atoms with E-state index < -0.39 is 5.76 Å². The number of nitrogens with zero attached hydrogens (tertiary/aromatic N) is 1. The molecular weight excluding hydrogens is 310 g/mol. The van der Waals surface area contributed by atoms with Crippen LogP contribution >= 0.6 is 11.8 Å². The van der Waals surface area contributed by atoms with Crippen LogP contribution in [0.3, 0.4) is 0 Å². The maximum absolute atomic E-state index is 12.2. The van der Waals surface area contributed by atoms with Gasteiger partial charge in [-0.25, -0.2) is 0 Å². The minimum absolute atomic E-state index is 0.0658. The SMILES string of the molecule is CN(CC(=O)NC(C)(C)C)C(=O)c1ccc(SC(F)F)cc1. The summed E-state index contributed by atoms with van der Waals surface area (Å²) in [4.78, 5) is 25.6. The maximum Gasteiger partial charge on any atom is 0.288 e. The van der Waals surface area contributed by atoms with Crippen molar-refractivity contribution in [1.29, 1.82) is 0 Å². The zero-order chi connectivity index (χ0) is 16.9. The number of hydrogen-bond donors (Lipinski definition) is 1. The minimum Gasteiger partial charge on any atom is -0.350 e. The minimum atomic E-state index is -2.50. The topological polar surface area (TPSA) is 49.4 Å². The zero-order valence-corrected chi connectivity index (χ0v) is 13.8. The standard InChI is InChI=1S/C15H20F2N2O2S/c1-15(2,3)18-12(20)9-19(4)13(21)10-5-7-11(8-6-10)22-14(16)17/h5-8,14H,9H2,1-4H3,(H,18,20). The van der Waals surface area contributed by atoms with Crippen LogP contribution in [0.2, 0.25) is 0 Å². The van der Waals surface area contributed by atoms with Gasteiger partial charge in [0.25, 0.3) is 11.7 Å². The van der Waals surface area contributed by atoms with E-state index in [0.717, 1.165) is 0 Å². The summed E-state index contributed by atoms with van der Waals surface area (Å²) in [7, 11) is 1.52. The van der Waals surface area contributed by atoms with Crippen molar-refractivity contribution in [3.8, 4) is 0 Å². The molecule has 1 aromatic carbocycles. The van der Waals surface area contributed by atoms with E-state index in [1.807, 2.05) is 20.8 Å². The number of halogens is 2. The number of amides is 2. The van der Waals surface area contributed by atoms with E-state index in [4.69, 9.17) is 0 Å². The average Bonchev–Trinajstić information content (AvgIpc) is 2.35. The lowest BCUT2D eigenvalue weighted by Gasteiger charge is -2.23. The van der Waals surface area contributed by atoms with Crippen molar-refractivity contribution in [1.82, 2.24) is 10.2 Å². The second kappa shape index (κ2) is 7.58. The Labute approximate surface area is 133 Å². The van der Waals surface area contributed by atoms with Crippen LogP contribution < -0.4 is 5.32 Å². The molecule has 0 atom stereocenters. The lowest BCUT2D eigenvalue weighted by Crippen LogP contribution is -2.46. The van der Waals surface area contributed by atoms with Crippen LogP contribution in [0.1, 0.15) is 31.1 Å². The fourth-order valence-corrected chi connectivity index (χ4v) is 2.24. The Balaban J connectivity index is 2.65. The van der Waals surface area contributed by atoms with Crippen LogP contribution in [-0.2, 0) is 4.79 Å². The highest BCUT2D eigenvalue weighted by atomic mass is 32.2. The number of hydrogen-bond acceptors (Lipinski definition) is 3. The summed E-state index contributed by atoms with van der Waals surface area (Å²) in [6, 6.07) is 5.89. The zero-order valence-electron chi connectivity index (χ0n) is 13.0. The smallest absolute Gasteiger partial charge is 0.288 e. The van der Waals surface area contributed by atoms with E-state index in [9.17, 15) is 18.4 Å². The third-order valence-electron chi connectivity index (χ3n) is 2.57. The van der Waals surface area contributed by atoms with Gasteiger partial charge in [0, 0.05) is 23.0 Å². The van der Waals surface area contributed by atoms with Gasteiger partial charge in [0.2, 0.25) is 5.91 Å². The van der Waals surface area contributed by atoms with E-state index in [-0.39, 0.29) is 23.9 Å². The number of alkyl halides is 2. The largest absolute Gasteiger partial charge is 0.350 e. The van der Waals surface area contributed by atoms with E-state index in [1.54, 1.807) is 0 Å². The quantitative estimate of drug-likeness (QED) is 0.845. The monoisotopic (exact) mass is 330 g/mol. The number of nitrogens with one attached hydrogen (secondary N) is 1. The first-order valence-corrected chi connectivity index (χ1v) is 7.58. The summed E-state index contributed by atoms with van der Waals surface area (Å²) >= 11 is 0.422. The van der Waals surface area contributed by atoms with Gasteiger partial charge in [-0.1, -0.05) is 11.8 Å². The number of carbonyl (C=O) groups is 2. The molecule has 122 valence electrons. The van der Waals surface area contributed by atoms with Gasteiger partial charge in [0.15, 0.2) is 0 Å². The van der Waals surface area contributed by atoms with E-state index in [1.165, 1.54) is 36.2 Å². The van der Waals surface area contributed by atoms with Crippen molar-refractivity contribution in [3.05, 3.63) is 29.8 Å². The highest BCUT2D eigenvalue weighted by Gasteiger charge is 2.18. The molecule has 0 saturated carbocycles. The van der Waals surface area contributed by atoms with Gasteiger partial charge in [0.1, 0.15) is 0 Å². The number of carbonyl (C=O) groups excluding carboxylic acids is 2. The molecule has 0 radical (unpaired) electrons. The predicted octanol–water partition coefficient (Wildman–Crippen LogP) is 2.99. The van der Waals surface area contributed by atoms with Crippen LogP contribution in [0.5, 0.6) is 0 Å². The van der Waals surface area contributed by atoms with Crippen molar-refractivity contribution < 1.29 is 18.4 Å². The molecule has 0 spiro atoms. The first kappa shape index (κ1) is 18.4. The Morgan fingerprint density at radius 2 is 1.77 bits per heavy atom. The highest BCUT2D eigenvalue weighted by Crippen LogP contribution is 2.25. The fraction of sp³-hybridized carbons (Fsp3) is 0.467. The van der Waals surface area contributed by atoms with Gasteiger partial charge >= 0.3 is 0 Å². The molecule has 7 heteroatoms. The Morgan fingerprint density at radius 1 is 1.23 bits per heavy atom. The van der Waals surface area contributed by atoms with Gasteiger partial charge in [-0.2, -0.15) is 8.78 Å². The van der Waals surface area contributed by atoms with E-state index >= 15 is 0 Å². The van der Waals surface area contributed by atoms with Crippen LogP contribution in [-0.4, -0.2) is 41.6 Å². The molecule has 0 saturated heterocycles. The van der Waals surface area contributed by atoms with Crippen LogP contribution in [0.15, 0.2) is 29.2 Å². The van der Waals surface area contributed by atoms with Crippen molar-refractivity contribution in [3.63, 3.8) is 0 Å². The molecule has 4 nitrogen and oxygen atoms in total. The normalized spacial score (nSPS) is 11.4. The molecule has 0 bridgehead atoms. The Morgan fingerprint density at radius 3 is 2.23 bits per heavy atom. The molecule has 0 fully saturated rings. The molecule has 0 aliphatic carbocycles. The molecule has 0 unspecified atom stereocenters. The number of thioether (sulfide) groups is 1. The Hall–Kier alpha value is -1.63. The number of benzene rings is 1. The summed E-state index contributed by atoms with van der Waals surface area (Å²) < 4.78 is 24.5. The third-order valence-corrected chi connectivity index (χ3v) is 3.29. The molecular formula is C15H20F2N2O2S. The summed E-state index contributed by atoms with van der Waals surface area (Å²) in [6.45, 7) is 5.49. The Kier molecular flexibility index (Phi) is 6.34. The molecule has 1 aromatic rings. The molecule has 0 aliphatic rings. The first-order chi connectivity index (χ1) is 10.1. The second-order valence-electron chi connectivity index (χ2n) is 5.86. The molecule has 0 aliphatic heterocycles. The van der Waals surface area contributed by atoms with Gasteiger partial charge < -0.3 is 10.2 Å². The fourth-order valence-electron chi connectivity index (χ4n) is 1.74. The van der Waals surface area contributed by atoms with Gasteiger partial charge in [-0.15, -0.1) is 0 Å². The molecule has 2 amide bonds. The van der Waals surface area contributed by atoms with Crippen LogP contribution in [0.4, 0.5) is 8.78 Å². The number of likely N-dealkylation sites (N-methyl/N-ethyl adjacent to an activating group) is 1. The second-order valence-corrected chi connectivity index (χ2v) is 6.93. The van der Waals surface area contributed by atoms with Crippen molar-refractivity contribution >= 4 is 23.6 Å². The molecule has 1 rings (SSSR count). The Bertz CT molecular complexity index is 527.